The molecule has 0 fully saturated rings. The van der Waals surface area contributed by atoms with Crippen LogP contribution in [0.4, 0.5) is 0 Å². The minimum atomic E-state index is -0.456. The first-order valence-electron chi connectivity index (χ1n) is 18.9. The van der Waals surface area contributed by atoms with E-state index >= 15 is 0 Å². The Morgan fingerprint density at radius 1 is 0.339 bits per heavy atom. The lowest BCUT2D eigenvalue weighted by Crippen LogP contribution is -2.28. The Kier molecular flexibility index (Phi) is 7.36. The molecule has 56 heavy (non-hydrogen) atoms. The highest BCUT2D eigenvalue weighted by Gasteiger charge is 2.46. The maximum absolute atomic E-state index is 6.25. The number of para-hydroxylation sites is 1. The Bertz CT molecular complexity index is 3020. The van der Waals surface area contributed by atoms with Gasteiger partial charge in [-0.3, -0.25) is 0 Å². The topological polar surface area (TPSA) is 51.8 Å². The van der Waals surface area contributed by atoms with Crippen LogP contribution in [0.25, 0.3) is 78.4 Å². The molecule has 0 unspecified atom stereocenters. The highest BCUT2D eigenvalue weighted by molar-refractivity contribution is 6.11. The second kappa shape index (κ2) is 12.9. The summed E-state index contributed by atoms with van der Waals surface area (Å²) >= 11 is 0. The van der Waals surface area contributed by atoms with Gasteiger partial charge in [0.2, 0.25) is 0 Å². The first-order chi connectivity index (χ1) is 27.8. The molecular formula is C52H33N3O. The van der Waals surface area contributed by atoms with Gasteiger partial charge in [0, 0.05) is 27.5 Å². The van der Waals surface area contributed by atoms with Gasteiger partial charge in [0.1, 0.15) is 11.2 Å². The van der Waals surface area contributed by atoms with Crippen LogP contribution in [-0.4, -0.2) is 15.0 Å². The van der Waals surface area contributed by atoms with E-state index < -0.39 is 5.41 Å². The van der Waals surface area contributed by atoms with Crippen LogP contribution in [0.5, 0.6) is 0 Å². The van der Waals surface area contributed by atoms with Crippen LogP contribution < -0.4 is 0 Å². The molecular weight excluding hydrogens is 683 g/mol. The van der Waals surface area contributed by atoms with Gasteiger partial charge in [0.05, 0.1) is 5.41 Å². The summed E-state index contributed by atoms with van der Waals surface area (Å²) in [5.41, 5.74) is 13.9. The zero-order valence-corrected chi connectivity index (χ0v) is 30.3. The Morgan fingerprint density at radius 3 is 1.57 bits per heavy atom. The van der Waals surface area contributed by atoms with Crippen molar-refractivity contribution >= 4 is 21.9 Å². The minimum absolute atomic E-state index is 0.456. The summed E-state index contributed by atoms with van der Waals surface area (Å²) in [6.45, 7) is 0. The summed E-state index contributed by atoms with van der Waals surface area (Å²) in [6, 6.07) is 70.5. The van der Waals surface area contributed by atoms with Gasteiger partial charge < -0.3 is 4.42 Å². The lowest BCUT2D eigenvalue weighted by molar-refractivity contribution is 0.669. The lowest BCUT2D eigenvalue weighted by Gasteiger charge is -2.34. The molecule has 0 radical (unpaired) electrons. The SMILES string of the molecule is c1ccc(-c2nc(-c3ccc(-c4cccc5c4-c4ccccc4C5(c4ccccc4)c4ccccc4)cc3)nc(-c3cccc4oc5ccccc5c34)n2)cc1. The molecule has 4 nitrogen and oxygen atoms in total. The van der Waals surface area contributed by atoms with Crippen LogP contribution in [0.1, 0.15) is 22.3 Å². The van der Waals surface area contributed by atoms with E-state index in [1.165, 1.54) is 38.9 Å². The average molecular weight is 716 g/mol. The van der Waals surface area contributed by atoms with Gasteiger partial charge in [-0.05, 0) is 56.6 Å². The Balaban J connectivity index is 1.07. The molecule has 8 aromatic carbocycles. The van der Waals surface area contributed by atoms with Crippen LogP contribution in [0.2, 0.25) is 0 Å². The number of aromatic nitrogens is 3. The highest BCUT2D eigenvalue weighted by atomic mass is 16.3. The van der Waals surface area contributed by atoms with Crippen molar-refractivity contribution in [2.45, 2.75) is 5.41 Å². The van der Waals surface area contributed by atoms with Crippen molar-refractivity contribution in [3.63, 3.8) is 0 Å². The van der Waals surface area contributed by atoms with E-state index in [0.29, 0.717) is 17.5 Å². The molecule has 2 aromatic heterocycles. The summed E-state index contributed by atoms with van der Waals surface area (Å²) in [4.78, 5) is 15.3. The van der Waals surface area contributed by atoms with Crippen molar-refractivity contribution in [2.24, 2.45) is 0 Å². The van der Waals surface area contributed by atoms with Crippen molar-refractivity contribution < 1.29 is 4.42 Å². The average Bonchev–Trinajstić information content (AvgIpc) is 3.82. The van der Waals surface area contributed by atoms with Crippen molar-refractivity contribution in [3.8, 4) is 56.4 Å². The predicted molar refractivity (Wildman–Crippen MR) is 226 cm³/mol. The molecule has 0 saturated heterocycles. The fourth-order valence-corrected chi connectivity index (χ4v) is 8.84. The van der Waals surface area contributed by atoms with Crippen molar-refractivity contribution in [2.75, 3.05) is 0 Å². The maximum Gasteiger partial charge on any atom is 0.164 e. The quantitative estimate of drug-likeness (QED) is 0.172. The highest BCUT2D eigenvalue weighted by Crippen LogP contribution is 2.58. The monoisotopic (exact) mass is 715 g/mol. The number of hydrogen-bond acceptors (Lipinski definition) is 4. The predicted octanol–water partition coefficient (Wildman–Crippen LogP) is 12.8. The summed E-state index contributed by atoms with van der Waals surface area (Å²) in [7, 11) is 0. The van der Waals surface area contributed by atoms with Gasteiger partial charge in [-0.15, -0.1) is 0 Å². The minimum Gasteiger partial charge on any atom is -0.456 e. The standard InChI is InChI=1S/C52H33N3O/c1-4-16-35(17-5-1)49-53-50(55-51(54-49)42-25-15-29-46-48(42)41-23-11-13-28-45(41)56-46)36-32-30-34(31-33-36)39-24-14-27-44-47(39)40-22-10-12-26-43(40)52(44,37-18-6-2-7-19-37)38-20-8-3-9-21-38/h1-33H. The Morgan fingerprint density at radius 2 is 0.839 bits per heavy atom. The van der Waals surface area contributed by atoms with E-state index in [4.69, 9.17) is 19.4 Å². The third kappa shape index (κ3) is 4.89. The van der Waals surface area contributed by atoms with Crippen LogP contribution in [-0.2, 0) is 5.41 Å². The maximum atomic E-state index is 6.25. The zero-order valence-electron chi connectivity index (χ0n) is 30.3. The second-order valence-corrected chi connectivity index (χ2v) is 14.3. The van der Waals surface area contributed by atoms with E-state index in [9.17, 15) is 0 Å². The molecule has 0 saturated carbocycles. The van der Waals surface area contributed by atoms with Crippen LogP contribution in [0.3, 0.4) is 0 Å². The molecule has 0 amide bonds. The lowest BCUT2D eigenvalue weighted by atomic mass is 9.67. The molecule has 11 rings (SSSR count). The summed E-state index contributed by atoms with van der Waals surface area (Å²) in [5, 5.41) is 2.03. The zero-order chi connectivity index (χ0) is 37.1. The summed E-state index contributed by atoms with van der Waals surface area (Å²) < 4.78 is 6.25. The first-order valence-corrected chi connectivity index (χ1v) is 18.9. The van der Waals surface area contributed by atoms with Gasteiger partial charge in [-0.25, -0.2) is 15.0 Å². The van der Waals surface area contributed by atoms with E-state index in [1.54, 1.807) is 0 Å². The van der Waals surface area contributed by atoms with E-state index in [0.717, 1.165) is 44.2 Å². The smallest absolute Gasteiger partial charge is 0.164 e. The van der Waals surface area contributed by atoms with E-state index in [2.05, 4.69) is 140 Å². The number of rotatable bonds is 6. The van der Waals surface area contributed by atoms with E-state index in [-0.39, 0.29) is 0 Å². The van der Waals surface area contributed by atoms with Gasteiger partial charge in [-0.2, -0.15) is 0 Å². The van der Waals surface area contributed by atoms with Crippen LogP contribution in [0, 0.1) is 0 Å². The molecule has 0 atom stereocenters. The van der Waals surface area contributed by atoms with Crippen molar-refractivity contribution in [3.05, 3.63) is 222 Å². The molecule has 10 aromatic rings. The largest absolute Gasteiger partial charge is 0.456 e. The molecule has 1 aliphatic carbocycles. The van der Waals surface area contributed by atoms with Crippen molar-refractivity contribution in [1.29, 1.82) is 0 Å². The first kappa shape index (κ1) is 32.0. The molecule has 0 spiro atoms. The molecule has 2 heterocycles. The summed E-state index contributed by atoms with van der Waals surface area (Å²) in [6.07, 6.45) is 0. The number of benzene rings is 8. The third-order valence-corrected chi connectivity index (χ3v) is 11.2. The fourth-order valence-electron chi connectivity index (χ4n) is 8.84. The van der Waals surface area contributed by atoms with Crippen molar-refractivity contribution in [1.82, 2.24) is 15.0 Å². The van der Waals surface area contributed by atoms with Crippen LogP contribution in [0.15, 0.2) is 205 Å². The Hall–Kier alpha value is -7.43. The molecule has 0 aliphatic heterocycles. The fraction of sp³-hybridized carbons (Fsp3) is 0.0192. The number of furan rings is 1. The number of hydrogen-bond donors (Lipinski definition) is 0. The van der Waals surface area contributed by atoms with Gasteiger partial charge in [-0.1, -0.05) is 188 Å². The number of fused-ring (bicyclic) bond motifs is 6. The molecule has 0 N–H and O–H groups in total. The molecule has 0 bridgehead atoms. The van der Waals surface area contributed by atoms with Gasteiger partial charge in [0.25, 0.3) is 0 Å². The van der Waals surface area contributed by atoms with Gasteiger partial charge >= 0.3 is 0 Å². The molecule has 262 valence electrons. The second-order valence-electron chi connectivity index (χ2n) is 14.3. The molecule has 4 heteroatoms. The normalized spacial score (nSPS) is 12.8. The Labute approximate surface area is 324 Å². The van der Waals surface area contributed by atoms with Gasteiger partial charge in [0.15, 0.2) is 17.5 Å². The number of nitrogens with zero attached hydrogens (tertiary/aromatic N) is 3. The molecule has 1 aliphatic rings. The van der Waals surface area contributed by atoms with E-state index in [1.807, 2.05) is 60.7 Å². The third-order valence-electron chi connectivity index (χ3n) is 11.2. The summed E-state index contributed by atoms with van der Waals surface area (Å²) in [5.74, 6) is 1.84. The van der Waals surface area contributed by atoms with Crippen LogP contribution >= 0.6 is 0 Å².